The fourth-order valence-electron chi connectivity index (χ4n) is 11.4. The van der Waals surface area contributed by atoms with Crippen LogP contribution in [0.5, 0.6) is 0 Å². The summed E-state index contributed by atoms with van der Waals surface area (Å²) in [4.78, 5) is 32.2. The van der Waals surface area contributed by atoms with Gasteiger partial charge in [0.25, 0.3) is 0 Å². The molecule has 1 aliphatic carbocycles. The topological polar surface area (TPSA) is 118 Å². The zero-order chi connectivity index (χ0) is 50.4. The SMILES string of the molecule is C[C@@H]1CCCC[C@H]1NC(=O)Nc1cccc(CN)c1.Fc1ccc(C[C@H]2CCCNC2)cc1.O=C(NC1CC2CCC(C1)N2Cc1ccc2cc(F)ccc2c1)N1CCCN(Cc2c(Cl)cccc2Cl)CC1. The predicted molar refractivity (Wildman–Crippen MR) is 289 cm³/mol. The maximum Gasteiger partial charge on any atom is 0.319 e. The molecule has 2 unspecified atom stereocenters. The second-order valence-corrected chi connectivity index (χ2v) is 21.5. The van der Waals surface area contributed by atoms with Crippen LogP contribution in [0.15, 0.2) is 103 Å². The number of rotatable bonds is 10. The van der Waals surface area contributed by atoms with Crippen LogP contribution in [0, 0.1) is 23.5 Å². The molecule has 5 atom stereocenters. The van der Waals surface area contributed by atoms with Gasteiger partial charge in [-0.25, -0.2) is 18.4 Å². The molecule has 4 saturated heterocycles. The zero-order valence-corrected chi connectivity index (χ0v) is 43.4. The maximum absolute atomic E-state index is 13.6. The van der Waals surface area contributed by atoms with Crippen LogP contribution in [0.4, 0.5) is 24.1 Å². The third kappa shape index (κ3) is 15.4. The Balaban J connectivity index is 0.000000173. The van der Waals surface area contributed by atoms with Crippen LogP contribution in [0.2, 0.25) is 10.0 Å². The number of piperidine rings is 2. The molecule has 5 aromatic carbocycles. The van der Waals surface area contributed by atoms with Gasteiger partial charge in [0.15, 0.2) is 0 Å². The molecular formula is C58H74Cl2F2N8O2. The average molecular weight is 1020 g/mol. The van der Waals surface area contributed by atoms with E-state index in [1.54, 1.807) is 18.2 Å². The van der Waals surface area contributed by atoms with Crippen molar-refractivity contribution in [2.75, 3.05) is 44.6 Å². The number of nitrogens with one attached hydrogen (secondary N) is 4. The van der Waals surface area contributed by atoms with Crippen LogP contribution < -0.4 is 27.0 Å². The van der Waals surface area contributed by atoms with Crippen molar-refractivity contribution in [2.24, 2.45) is 17.6 Å². The Bertz CT molecular complexity index is 2510. The summed E-state index contributed by atoms with van der Waals surface area (Å²) in [6.45, 7) is 9.73. The lowest BCUT2D eigenvalue weighted by molar-refractivity contribution is 0.108. The maximum atomic E-state index is 13.6. The second-order valence-electron chi connectivity index (χ2n) is 20.7. The molecule has 10 rings (SSSR count). The summed E-state index contributed by atoms with van der Waals surface area (Å²) in [5, 5.41) is 16.1. The van der Waals surface area contributed by atoms with Crippen molar-refractivity contribution in [1.82, 2.24) is 30.7 Å². The fraction of sp³-hybridized carbons (Fsp3) is 0.483. The Kier molecular flexibility index (Phi) is 19.6. The summed E-state index contributed by atoms with van der Waals surface area (Å²) in [6.07, 6.45) is 13.7. The number of carbonyl (C=O) groups excluding carboxylic acids is 2. The molecule has 5 fully saturated rings. The van der Waals surface area contributed by atoms with Crippen molar-refractivity contribution in [2.45, 2.75) is 128 Å². The van der Waals surface area contributed by atoms with Crippen LogP contribution in [-0.2, 0) is 26.1 Å². The molecule has 6 N–H and O–H groups in total. The molecule has 386 valence electrons. The summed E-state index contributed by atoms with van der Waals surface area (Å²) in [5.74, 6) is 0.955. The van der Waals surface area contributed by atoms with Crippen LogP contribution in [-0.4, -0.2) is 90.2 Å². The number of amides is 4. The van der Waals surface area contributed by atoms with Crippen molar-refractivity contribution in [3.63, 3.8) is 0 Å². The van der Waals surface area contributed by atoms with E-state index in [2.05, 4.69) is 50.1 Å². The number of anilines is 1. The standard InChI is InChI=1S/C31H35Cl2FN4O.C15H23N3O.C12H16FN/c32-29-3-1-4-30(33)28(29)20-36-11-2-12-37(14-13-36)31(39)35-25-17-26-9-10-27(18-25)38(26)19-21-5-6-23-16-24(34)8-7-22(23)15-21;1-11-5-2-3-8-14(11)18-15(19)17-13-7-4-6-12(9-13)10-16;13-12-5-3-10(4-6-12)8-11-2-1-7-14-9-11/h1,3-8,15-16,25-27H,2,9-14,17-20H2,(H,35,39);4,6-7,9,11,14H,2-3,5,8,10,16H2,1H3,(H2,17,18,19);3-6,11,14H,1-2,7-9H2/t;11-,14-;11-/m.11/s1. The molecule has 4 amide bonds. The quantitative estimate of drug-likeness (QED) is 0.0951. The van der Waals surface area contributed by atoms with E-state index in [-0.39, 0.29) is 29.7 Å². The highest BCUT2D eigenvalue weighted by atomic mass is 35.5. The highest BCUT2D eigenvalue weighted by Gasteiger charge is 2.41. The largest absolute Gasteiger partial charge is 0.335 e. The third-order valence-electron chi connectivity index (χ3n) is 15.4. The first-order chi connectivity index (χ1) is 35.0. The second kappa shape index (κ2) is 26.4. The number of benzene rings is 5. The number of carbonyl (C=O) groups is 2. The van der Waals surface area contributed by atoms with Gasteiger partial charge in [0.2, 0.25) is 0 Å². The van der Waals surface area contributed by atoms with E-state index in [9.17, 15) is 18.4 Å². The van der Waals surface area contributed by atoms with Gasteiger partial charge in [-0.15, -0.1) is 0 Å². The van der Waals surface area contributed by atoms with Crippen molar-refractivity contribution in [1.29, 1.82) is 0 Å². The lowest BCUT2D eigenvalue weighted by atomic mass is 9.86. The number of halogens is 4. The number of fused-ring (bicyclic) bond motifs is 3. The smallest absolute Gasteiger partial charge is 0.319 e. The normalized spacial score (nSPS) is 23.4. The van der Waals surface area contributed by atoms with Gasteiger partial charge in [0.05, 0.1) is 0 Å². The molecule has 2 bridgehead atoms. The minimum atomic E-state index is -0.197. The summed E-state index contributed by atoms with van der Waals surface area (Å²) in [6, 6.07) is 32.9. The zero-order valence-electron chi connectivity index (χ0n) is 41.9. The molecule has 1 saturated carbocycles. The number of hydrogen-bond acceptors (Lipinski definition) is 6. The Labute approximate surface area is 435 Å². The van der Waals surface area contributed by atoms with Crippen molar-refractivity contribution in [3.8, 4) is 0 Å². The Morgan fingerprint density at radius 2 is 1.40 bits per heavy atom. The van der Waals surface area contributed by atoms with Gasteiger partial charge in [-0.2, -0.15) is 0 Å². The fourth-order valence-corrected chi connectivity index (χ4v) is 11.9. The molecule has 4 heterocycles. The van der Waals surface area contributed by atoms with Gasteiger partial charge in [-0.05, 0) is 171 Å². The lowest BCUT2D eigenvalue weighted by Gasteiger charge is -2.40. The predicted octanol–water partition coefficient (Wildman–Crippen LogP) is 11.9. The van der Waals surface area contributed by atoms with E-state index in [0.29, 0.717) is 53.7 Å². The van der Waals surface area contributed by atoms with E-state index in [1.165, 1.54) is 62.1 Å². The van der Waals surface area contributed by atoms with E-state index in [1.807, 2.05) is 71.6 Å². The van der Waals surface area contributed by atoms with Crippen molar-refractivity contribution in [3.05, 3.63) is 147 Å². The van der Waals surface area contributed by atoms with Crippen molar-refractivity contribution < 1.29 is 18.4 Å². The lowest BCUT2D eigenvalue weighted by Crippen LogP contribution is -2.53. The van der Waals surface area contributed by atoms with Gasteiger partial charge in [-0.1, -0.05) is 91.5 Å². The number of nitrogens with two attached hydrogens (primary N) is 1. The monoisotopic (exact) mass is 1020 g/mol. The third-order valence-corrected chi connectivity index (χ3v) is 16.2. The molecule has 72 heavy (non-hydrogen) atoms. The Morgan fingerprint density at radius 3 is 2.14 bits per heavy atom. The first-order valence-electron chi connectivity index (χ1n) is 26.4. The van der Waals surface area contributed by atoms with Gasteiger partial charge in [-0.3, -0.25) is 9.80 Å². The Hall–Kier alpha value is -4.82. The molecular weight excluding hydrogens is 950 g/mol. The highest BCUT2D eigenvalue weighted by Crippen LogP contribution is 2.37. The minimum Gasteiger partial charge on any atom is -0.335 e. The number of urea groups is 2. The summed E-state index contributed by atoms with van der Waals surface area (Å²) in [7, 11) is 0. The van der Waals surface area contributed by atoms with Gasteiger partial charge < -0.3 is 31.9 Å². The first kappa shape index (κ1) is 53.5. The molecule has 5 aromatic rings. The molecule has 0 aromatic heterocycles. The summed E-state index contributed by atoms with van der Waals surface area (Å²) >= 11 is 12.8. The van der Waals surface area contributed by atoms with Crippen LogP contribution in [0.25, 0.3) is 10.8 Å². The molecule has 10 nitrogen and oxygen atoms in total. The average Bonchev–Trinajstić information content (AvgIpc) is 3.51. The van der Waals surface area contributed by atoms with Crippen LogP contribution >= 0.6 is 23.2 Å². The van der Waals surface area contributed by atoms with Gasteiger partial charge >= 0.3 is 12.1 Å². The summed E-state index contributed by atoms with van der Waals surface area (Å²) in [5.41, 5.74) is 10.9. The molecule has 0 spiro atoms. The first-order valence-corrected chi connectivity index (χ1v) is 27.2. The number of hydrogen-bond donors (Lipinski definition) is 5. The van der Waals surface area contributed by atoms with E-state index in [0.717, 1.165) is 105 Å². The summed E-state index contributed by atoms with van der Waals surface area (Å²) < 4.78 is 26.2. The minimum absolute atomic E-state index is 0.0623. The molecule has 4 aliphatic heterocycles. The van der Waals surface area contributed by atoms with E-state index < -0.39 is 0 Å². The van der Waals surface area contributed by atoms with Crippen molar-refractivity contribution >= 4 is 51.7 Å². The molecule has 14 heteroatoms. The van der Waals surface area contributed by atoms with Crippen LogP contribution in [0.3, 0.4) is 0 Å². The Morgan fingerprint density at radius 1 is 0.694 bits per heavy atom. The van der Waals surface area contributed by atoms with Gasteiger partial charge in [0, 0.05) is 91.3 Å². The molecule has 0 radical (unpaired) electrons. The van der Waals surface area contributed by atoms with E-state index >= 15 is 0 Å². The van der Waals surface area contributed by atoms with E-state index in [4.69, 9.17) is 28.9 Å². The number of nitrogens with zero attached hydrogens (tertiary/aromatic N) is 3. The van der Waals surface area contributed by atoms with Crippen LogP contribution in [0.1, 0.15) is 99.8 Å². The highest BCUT2D eigenvalue weighted by molar-refractivity contribution is 6.36. The van der Waals surface area contributed by atoms with Gasteiger partial charge in [0.1, 0.15) is 11.6 Å². The molecule has 5 aliphatic rings.